The zero-order valence-corrected chi connectivity index (χ0v) is 13.1. The minimum absolute atomic E-state index is 0.103. The van der Waals surface area contributed by atoms with Crippen molar-refractivity contribution in [2.24, 2.45) is 5.92 Å². The highest BCUT2D eigenvalue weighted by molar-refractivity contribution is 5.93. The summed E-state index contributed by atoms with van der Waals surface area (Å²) in [6.45, 7) is 3.74. The van der Waals surface area contributed by atoms with Crippen LogP contribution in [-0.2, 0) is 6.54 Å². The lowest BCUT2D eigenvalue weighted by atomic mass is 9.94. The molecule has 122 valence electrons. The van der Waals surface area contributed by atoms with E-state index in [1.807, 2.05) is 12.1 Å². The molecule has 1 fully saturated rings. The highest BCUT2D eigenvalue weighted by Crippen LogP contribution is 2.21. The van der Waals surface area contributed by atoms with Gasteiger partial charge >= 0.3 is 0 Å². The predicted molar refractivity (Wildman–Crippen MR) is 85.7 cm³/mol. The third kappa shape index (κ3) is 4.63. The first-order valence-electron chi connectivity index (χ1n) is 8.09. The molecule has 1 aliphatic heterocycles. The Kier molecular flexibility index (Phi) is 5.37. The average molecular weight is 314 g/mol. The summed E-state index contributed by atoms with van der Waals surface area (Å²) in [7, 11) is 0. The molecule has 6 nitrogen and oxygen atoms in total. The van der Waals surface area contributed by atoms with Crippen LogP contribution in [0.25, 0.3) is 0 Å². The first kappa shape index (κ1) is 15.7. The molecule has 23 heavy (non-hydrogen) atoms. The second kappa shape index (κ2) is 7.87. The molecule has 2 aromatic rings. The molecule has 1 aliphatic rings. The van der Waals surface area contributed by atoms with Crippen LogP contribution in [0.5, 0.6) is 0 Å². The number of furan rings is 1. The van der Waals surface area contributed by atoms with E-state index in [-0.39, 0.29) is 5.91 Å². The van der Waals surface area contributed by atoms with E-state index in [9.17, 15) is 4.79 Å². The maximum absolute atomic E-state index is 11.9. The Morgan fingerprint density at radius 2 is 2.26 bits per heavy atom. The molecular weight excluding hydrogens is 292 g/mol. The van der Waals surface area contributed by atoms with Crippen LogP contribution in [0.15, 0.2) is 41.5 Å². The number of likely N-dealkylation sites (tertiary alicyclic amines) is 1. The normalized spacial score (nSPS) is 18.7. The number of nitrogens with one attached hydrogen (secondary N) is 1. The van der Waals surface area contributed by atoms with E-state index in [1.165, 1.54) is 31.6 Å². The van der Waals surface area contributed by atoms with Crippen molar-refractivity contribution in [3.8, 4) is 0 Å². The number of hydrogen-bond donors (Lipinski definition) is 1. The molecule has 1 amide bonds. The third-order valence-electron chi connectivity index (χ3n) is 4.22. The summed E-state index contributed by atoms with van der Waals surface area (Å²) in [5.74, 6) is 1.53. The van der Waals surface area contributed by atoms with Crippen LogP contribution in [0.3, 0.4) is 0 Å². The lowest BCUT2D eigenvalue weighted by molar-refractivity contribution is 0.0945. The lowest BCUT2D eigenvalue weighted by Gasteiger charge is -2.32. The van der Waals surface area contributed by atoms with Crippen molar-refractivity contribution in [2.75, 3.05) is 19.6 Å². The summed E-state index contributed by atoms with van der Waals surface area (Å²) < 4.78 is 5.42. The molecule has 1 atom stereocenters. The molecular formula is C17H22N4O2. The van der Waals surface area contributed by atoms with E-state index >= 15 is 0 Å². The zero-order chi connectivity index (χ0) is 15.9. The Morgan fingerprint density at radius 1 is 1.39 bits per heavy atom. The van der Waals surface area contributed by atoms with Gasteiger partial charge in [0.25, 0.3) is 5.91 Å². The zero-order valence-electron chi connectivity index (χ0n) is 13.1. The van der Waals surface area contributed by atoms with Gasteiger partial charge in [-0.25, -0.2) is 9.97 Å². The molecule has 1 saturated heterocycles. The number of hydrogen-bond acceptors (Lipinski definition) is 5. The standard InChI is InChI=1S/C17H22N4O2/c22-17(15-9-18-13-19-10-15)20-6-5-14-3-1-7-21(11-14)12-16-4-2-8-23-16/h2,4,8-10,13-14H,1,3,5-7,11-12H2,(H,20,22)/t14-/m0/s1. The van der Waals surface area contributed by atoms with Gasteiger partial charge < -0.3 is 9.73 Å². The number of amides is 1. The molecule has 0 saturated carbocycles. The monoisotopic (exact) mass is 314 g/mol. The van der Waals surface area contributed by atoms with Gasteiger partial charge in [0.05, 0.1) is 18.4 Å². The van der Waals surface area contributed by atoms with Crippen molar-refractivity contribution in [1.82, 2.24) is 20.2 Å². The number of piperidine rings is 1. The van der Waals surface area contributed by atoms with Crippen molar-refractivity contribution in [3.63, 3.8) is 0 Å². The van der Waals surface area contributed by atoms with Crippen LogP contribution in [0.2, 0.25) is 0 Å². The Hall–Kier alpha value is -2.21. The summed E-state index contributed by atoms with van der Waals surface area (Å²) in [4.78, 5) is 22.1. The Bertz CT molecular complexity index is 600. The first-order chi connectivity index (χ1) is 11.3. The molecule has 0 unspecified atom stereocenters. The van der Waals surface area contributed by atoms with Crippen molar-refractivity contribution in [1.29, 1.82) is 0 Å². The fourth-order valence-corrected chi connectivity index (χ4v) is 3.06. The summed E-state index contributed by atoms with van der Waals surface area (Å²) in [6.07, 6.45) is 9.63. The molecule has 3 rings (SSSR count). The molecule has 2 aromatic heterocycles. The number of nitrogens with zero attached hydrogens (tertiary/aromatic N) is 3. The van der Waals surface area contributed by atoms with Crippen LogP contribution in [-0.4, -0.2) is 40.4 Å². The Morgan fingerprint density at radius 3 is 3.04 bits per heavy atom. The molecule has 6 heteroatoms. The van der Waals surface area contributed by atoms with E-state index < -0.39 is 0 Å². The van der Waals surface area contributed by atoms with E-state index in [1.54, 1.807) is 6.26 Å². The fourth-order valence-electron chi connectivity index (χ4n) is 3.06. The Balaban J connectivity index is 1.40. The molecule has 0 bridgehead atoms. The average Bonchev–Trinajstić information content (AvgIpc) is 3.09. The Labute approximate surface area is 135 Å². The molecule has 0 aliphatic carbocycles. The van der Waals surface area contributed by atoms with Gasteiger partial charge in [0.1, 0.15) is 12.1 Å². The van der Waals surface area contributed by atoms with Gasteiger partial charge in [0, 0.05) is 25.5 Å². The van der Waals surface area contributed by atoms with Crippen molar-refractivity contribution in [2.45, 2.75) is 25.8 Å². The van der Waals surface area contributed by atoms with E-state index in [0.717, 1.165) is 31.8 Å². The van der Waals surface area contributed by atoms with Gasteiger partial charge in [-0.05, 0) is 43.9 Å². The number of rotatable bonds is 6. The SMILES string of the molecule is O=C(NCC[C@@H]1CCCN(Cc2ccco2)C1)c1cncnc1. The summed E-state index contributed by atoms with van der Waals surface area (Å²) in [5, 5.41) is 2.95. The smallest absolute Gasteiger partial charge is 0.254 e. The second-order valence-corrected chi connectivity index (χ2v) is 5.99. The second-order valence-electron chi connectivity index (χ2n) is 5.99. The molecule has 0 radical (unpaired) electrons. The lowest BCUT2D eigenvalue weighted by Crippen LogP contribution is -2.36. The number of aromatic nitrogens is 2. The van der Waals surface area contributed by atoms with Gasteiger partial charge in [0.2, 0.25) is 0 Å². The van der Waals surface area contributed by atoms with Crippen molar-refractivity contribution < 1.29 is 9.21 Å². The highest BCUT2D eigenvalue weighted by atomic mass is 16.3. The maximum atomic E-state index is 11.9. The van der Waals surface area contributed by atoms with Crippen molar-refractivity contribution >= 4 is 5.91 Å². The summed E-state index contributed by atoms with van der Waals surface area (Å²) >= 11 is 0. The number of carbonyl (C=O) groups excluding carboxylic acids is 1. The minimum atomic E-state index is -0.103. The van der Waals surface area contributed by atoms with Crippen LogP contribution in [0, 0.1) is 5.92 Å². The van der Waals surface area contributed by atoms with Gasteiger partial charge in [-0.1, -0.05) is 0 Å². The summed E-state index contributed by atoms with van der Waals surface area (Å²) in [6, 6.07) is 3.95. The number of carbonyl (C=O) groups is 1. The molecule has 0 aromatic carbocycles. The van der Waals surface area contributed by atoms with Crippen molar-refractivity contribution in [3.05, 3.63) is 48.4 Å². The van der Waals surface area contributed by atoms with Crippen LogP contribution in [0.4, 0.5) is 0 Å². The largest absolute Gasteiger partial charge is 0.468 e. The van der Waals surface area contributed by atoms with E-state index in [4.69, 9.17) is 4.42 Å². The van der Waals surface area contributed by atoms with Crippen LogP contribution >= 0.6 is 0 Å². The van der Waals surface area contributed by atoms with Gasteiger partial charge in [-0.2, -0.15) is 0 Å². The molecule has 1 N–H and O–H groups in total. The minimum Gasteiger partial charge on any atom is -0.468 e. The third-order valence-corrected chi connectivity index (χ3v) is 4.22. The van der Waals surface area contributed by atoms with Gasteiger partial charge in [-0.3, -0.25) is 9.69 Å². The van der Waals surface area contributed by atoms with Crippen LogP contribution in [0.1, 0.15) is 35.4 Å². The van der Waals surface area contributed by atoms with Gasteiger partial charge in [-0.15, -0.1) is 0 Å². The molecule has 0 spiro atoms. The van der Waals surface area contributed by atoms with E-state index in [0.29, 0.717) is 18.0 Å². The summed E-state index contributed by atoms with van der Waals surface area (Å²) in [5.41, 5.74) is 0.510. The fraction of sp³-hybridized carbons (Fsp3) is 0.471. The highest BCUT2D eigenvalue weighted by Gasteiger charge is 2.20. The quantitative estimate of drug-likeness (QED) is 0.884. The van der Waals surface area contributed by atoms with Crippen LogP contribution < -0.4 is 5.32 Å². The molecule has 3 heterocycles. The maximum Gasteiger partial charge on any atom is 0.254 e. The van der Waals surface area contributed by atoms with E-state index in [2.05, 4.69) is 20.2 Å². The van der Waals surface area contributed by atoms with Gasteiger partial charge in [0.15, 0.2) is 0 Å². The first-order valence-corrected chi connectivity index (χ1v) is 8.09. The topological polar surface area (TPSA) is 71.3 Å². The predicted octanol–water partition coefficient (Wildman–Crippen LogP) is 2.10.